The molecule has 0 saturated heterocycles. The van der Waals surface area contributed by atoms with Crippen molar-refractivity contribution in [3.05, 3.63) is 23.0 Å². The number of hydrogen-bond donors (Lipinski definition) is 2. The van der Waals surface area contributed by atoms with E-state index < -0.39 is 7.12 Å². The summed E-state index contributed by atoms with van der Waals surface area (Å²) in [4.78, 5) is 3.60. The Hall–Kier alpha value is -1.09. The topological polar surface area (TPSA) is 77.1 Å². The van der Waals surface area contributed by atoms with Crippen LogP contribution in [0.3, 0.4) is 0 Å². The van der Waals surface area contributed by atoms with Gasteiger partial charge in [-0.2, -0.15) is 5.26 Å². The number of hydrogen-bond acceptors (Lipinski definition) is 4. The summed E-state index contributed by atoms with van der Waals surface area (Å²) in [5.41, 5.74) is 0.236. The molecule has 0 bridgehead atoms. The molecule has 1 rings (SSSR count). The molecule has 12 heavy (non-hydrogen) atoms. The molecule has 1 heterocycles. The van der Waals surface area contributed by atoms with Gasteiger partial charge in [0.2, 0.25) is 0 Å². The largest absolute Gasteiger partial charge is 0.491 e. The summed E-state index contributed by atoms with van der Waals surface area (Å²) in [7, 11) is -1.65. The average Bonchev–Trinajstić information content (AvgIpc) is 2.03. The van der Waals surface area contributed by atoms with Crippen LogP contribution in [0.4, 0.5) is 0 Å². The number of nitriles is 1. The Balaban J connectivity index is 3.14. The number of nitrogens with zero attached hydrogens (tertiary/aromatic N) is 2. The van der Waals surface area contributed by atoms with Gasteiger partial charge in [-0.3, -0.25) is 0 Å². The molecule has 0 radical (unpaired) electrons. The second-order valence-corrected chi connectivity index (χ2v) is 2.42. The molecule has 0 aromatic carbocycles. The summed E-state index contributed by atoms with van der Waals surface area (Å²) in [6, 6.07) is 4.48. The van der Waals surface area contributed by atoms with E-state index in [1.165, 1.54) is 12.1 Å². The molecule has 60 valence electrons. The van der Waals surface area contributed by atoms with Gasteiger partial charge in [-0.05, 0) is 6.07 Å². The summed E-state index contributed by atoms with van der Waals surface area (Å²) < 4.78 is 0. The molecule has 0 saturated carbocycles. The predicted molar refractivity (Wildman–Crippen MR) is 43.8 cm³/mol. The van der Waals surface area contributed by atoms with Gasteiger partial charge in [0.05, 0.1) is 0 Å². The lowest BCUT2D eigenvalue weighted by Gasteiger charge is -2.00. The molecule has 0 aliphatic heterocycles. The molecule has 0 aliphatic carbocycles. The van der Waals surface area contributed by atoms with Crippen LogP contribution in [0.5, 0.6) is 0 Å². The van der Waals surface area contributed by atoms with E-state index in [1.807, 2.05) is 0 Å². The third-order valence-corrected chi connectivity index (χ3v) is 1.57. The maximum atomic E-state index is 8.72. The molecular formula is C6H4BClN2O2. The Kier molecular flexibility index (Phi) is 2.66. The van der Waals surface area contributed by atoms with Crippen LogP contribution < -0.4 is 5.46 Å². The molecule has 0 atom stereocenters. The van der Waals surface area contributed by atoms with E-state index >= 15 is 0 Å². The molecule has 0 fully saturated rings. The Labute approximate surface area is 74.2 Å². The molecule has 0 amide bonds. The fourth-order valence-electron chi connectivity index (χ4n) is 0.700. The lowest BCUT2D eigenvalue weighted by Crippen LogP contribution is -2.31. The zero-order chi connectivity index (χ0) is 9.14. The maximum Gasteiger partial charge on any atom is 0.491 e. The van der Waals surface area contributed by atoms with Crippen LogP contribution in [0.25, 0.3) is 0 Å². The first kappa shape index (κ1) is 9.01. The molecule has 0 aliphatic rings. The van der Waals surface area contributed by atoms with Gasteiger partial charge in [0.15, 0.2) is 0 Å². The Morgan fingerprint density at radius 1 is 1.50 bits per heavy atom. The van der Waals surface area contributed by atoms with Crippen LogP contribution in [0.1, 0.15) is 5.69 Å². The highest BCUT2D eigenvalue weighted by molar-refractivity contribution is 6.62. The van der Waals surface area contributed by atoms with Gasteiger partial charge in [-0.25, -0.2) is 4.98 Å². The van der Waals surface area contributed by atoms with Crippen LogP contribution in [0.2, 0.25) is 5.15 Å². The number of aromatic nitrogens is 1. The summed E-state index contributed by atoms with van der Waals surface area (Å²) in [5.74, 6) is 0. The Morgan fingerprint density at radius 3 is 2.58 bits per heavy atom. The third kappa shape index (κ3) is 1.74. The van der Waals surface area contributed by atoms with E-state index in [-0.39, 0.29) is 16.3 Å². The number of halogens is 1. The second kappa shape index (κ2) is 3.54. The van der Waals surface area contributed by atoms with Gasteiger partial charge < -0.3 is 10.0 Å². The molecule has 1 aromatic heterocycles. The second-order valence-electron chi connectivity index (χ2n) is 2.06. The minimum Gasteiger partial charge on any atom is -0.423 e. The minimum absolute atomic E-state index is 0.0657. The smallest absolute Gasteiger partial charge is 0.423 e. The van der Waals surface area contributed by atoms with Crippen LogP contribution in [-0.2, 0) is 0 Å². The molecule has 1 aromatic rings. The van der Waals surface area contributed by atoms with Crippen LogP contribution in [0.15, 0.2) is 12.1 Å². The molecule has 4 nitrogen and oxygen atoms in total. The zero-order valence-electron chi connectivity index (χ0n) is 5.90. The van der Waals surface area contributed by atoms with E-state index in [0.717, 1.165) is 0 Å². The van der Waals surface area contributed by atoms with Crippen molar-refractivity contribution in [3.8, 4) is 6.07 Å². The van der Waals surface area contributed by atoms with Crippen LogP contribution >= 0.6 is 11.6 Å². The highest BCUT2D eigenvalue weighted by atomic mass is 35.5. The molecule has 6 heteroatoms. The maximum absolute atomic E-state index is 8.72. The quantitative estimate of drug-likeness (QED) is 0.444. The lowest BCUT2D eigenvalue weighted by atomic mass is 9.81. The fourth-order valence-corrected chi connectivity index (χ4v) is 0.952. The van der Waals surface area contributed by atoms with E-state index in [4.69, 9.17) is 26.9 Å². The monoisotopic (exact) mass is 182 g/mol. The van der Waals surface area contributed by atoms with Gasteiger partial charge in [-0.1, -0.05) is 17.7 Å². The highest BCUT2D eigenvalue weighted by Crippen LogP contribution is 2.02. The lowest BCUT2D eigenvalue weighted by molar-refractivity contribution is 0.425. The van der Waals surface area contributed by atoms with Crippen molar-refractivity contribution < 1.29 is 10.0 Å². The minimum atomic E-state index is -1.65. The van der Waals surface area contributed by atoms with Crippen molar-refractivity contribution in [1.29, 1.82) is 5.26 Å². The Morgan fingerprint density at radius 2 is 2.17 bits per heavy atom. The van der Waals surface area contributed by atoms with E-state index in [2.05, 4.69) is 4.98 Å². The summed E-state index contributed by atoms with van der Waals surface area (Å²) >= 11 is 5.52. The van der Waals surface area contributed by atoms with Gasteiger partial charge in [0.25, 0.3) is 0 Å². The first-order valence-corrected chi connectivity index (χ1v) is 3.45. The summed E-state index contributed by atoms with van der Waals surface area (Å²) in [6.07, 6.45) is 0. The van der Waals surface area contributed by atoms with Crippen LogP contribution in [-0.4, -0.2) is 22.2 Å². The summed E-state index contributed by atoms with van der Waals surface area (Å²) in [6.45, 7) is 0. The fraction of sp³-hybridized carbons (Fsp3) is 0. The van der Waals surface area contributed by atoms with E-state index in [9.17, 15) is 0 Å². The number of rotatable bonds is 1. The Bertz CT molecular complexity index is 337. The zero-order valence-corrected chi connectivity index (χ0v) is 6.65. The predicted octanol–water partition coefficient (Wildman–Crippen LogP) is -0.714. The first-order chi connectivity index (χ1) is 5.65. The number of pyridine rings is 1. The molecule has 0 spiro atoms. The normalized spacial score (nSPS) is 9.17. The summed E-state index contributed by atoms with van der Waals surface area (Å²) in [5, 5.41) is 25.8. The van der Waals surface area contributed by atoms with Crippen molar-refractivity contribution in [2.45, 2.75) is 0 Å². The van der Waals surface area contributed by atoms with Crippen molar-refractivity contribution in [2.24, 2.45) is 0 Å². The van der Waals surface area contributed by atoms with Gasteiger partial charge in [0.1, 0.15) is 16.9 Å². The van der Waals surface area contributed by atoms with Crippen LogP contribution in [0, 0.1) is 11.3 Å². The van der Waals surface area contributed by atoms with E-state index in [0.29, 0.717) is 0 Å². The van der Waals surface area contributed by atoms with Crippen molar-refractivity contribution in [3.63, 3.8) is 0 Å². The average molecular weight is 182 g/mol. The van der Waals surface area contributed by atoms with Crippen molar-refractivity contribution in [2.75, 3.05) is 0 Å². The molecule has 0 unspecified atom stereocenters. The van der Waals surface area contributed by atoms with Crippen molar-refractivity contribution >= 4 is 24.2 Å². The SMILES string of the molecule is N#Cc1ccc(B(O)O)c(Cl)n1. The first-order valence-electron chi connectivity index (χ1n) is 3.08. The standard InChI is InChI=1S/C6H4BClN2O2/c8-6-5(7(11)12)2-1-4(3-9)10-6/h1-2,11-12H. The highest BCUT2D eigenvalue weighted by Gasteiger charge is 2.15. The van der Waals surface area contributed by atoms with Crippen molar-refractivity contribution in [1.82, 2.24) is 4.98 Å². The van der Waals surface area contributed by atoms with Gasteiger partial charge >= 0.3 is 7.12 Å². The van der Waals surface area contributed by atoms with E-state index in [1.54, 1.807) is 6.07 Å². The van der Waals surface area contributed by atoms with Gasteiger partial charge in [0, 0.05) is 5.46 Å². The third-order valence-electron chi connectivity index (χ3n) is 1.27. The molecular weight excluding hydrogens is 178 g/mol. The molecule has 2 N–H and O–H groups in total. The van der Waals surface area contributed by atoms with Gasteiger partial charge in [-0.15, -0.1) is 0 Å².